The van der Waals surface area contributed by atoms with Crippen molar-refractivity contribution in [2.45, 2.75) is 38.6 Å². The van der Waals surface area contributed by atoms with Crippen LogP contribution >= 0.6 is 0 Å². The van der Waals surface area contributed by atoms with Crippen LogP contribution in [0.2, 0.25) is 0 Å². The van der Waals surface area contributed by atoms with E-state index in [0.29, 0.717) is 23.8 Å². The number of piperidine rings is 1. The number of hydrogen-bond donors (Lipinski definition) is 1. The number of nitrogens with two attached hydrogens (primary N) is 1. The Morgan fingerprint density at radius 3 is 2.57 bits per heavy atom. The number of carbonyl (C=O) groups is 2. The van der Waals surface area contributed by atoms with Crippen LogP contribution < -0.4 is 10.5 Å². The molecule has 23 heavy (non-hydrogen) atoms. The Labute approximate surface area is 137 Å². The minimum Gasteiger partial charge on any atom is -0.497 e. The molecule has 0 bridgehead atoms. The SMILES string of the molecule is COc1ccc(C(=O)CCC(=O)N2CCC(C)CC2CN)cc1. The van der Waals surface area contributed by atoms with Crippen molar-refractivity contribution in [3.05, 3.63) is 29.8 Å². The Hall–Kier alpha value is -1.88. The van der Waals surface area contributed by atoms with Crippen LogP contribution in [0.5, 0.6) is 5.75 Å². The average molecular weight is 318 g/mol. The summed E-state index contributed by atoms with van der Waals surface area (Å²) in [5, 5.41) is 0. The minimum atomic E-state index is -0.0179. The van der Waals surface area contributed by atoms with E-state index in [1.807, 2.05) is 4.90 Å². The first-order valence-electron chi connectivity index (χ1n) is 8.22. The highest BCUT2D eigenvalue weighted by Crippen LogP contribution is 2.23. The van der Waals surface area contributed by atoms with Gasteiger partial charge in [-0.25, -0.2) is 0 Å². The molecule has 126 valence electrons. The summed E-state index contributed by atoms with van der Waals surface area (Å²) in [6.07, 6.45) is 2.44. The van der Waals surface area contributed by atoms with Crippen LogP contribution in [-0.2, 0) is 4.79 Å². The first-order chi connectivity index (χ1) is 11.0. The topological polar surface area (TPSA) is 72.6 Å². The highest BCUT2D eigenvalue weighted by atomic mass is 16.5. The van der Waals surface area contributed by atoms with Crippen LogP contribution in [0.3, 0.4) is 0 Å². The van der Waals surface area contributed by atoms with E-state index in [-0.39, 0.29) is 30.6 Å². The lowest BCUT2D eigenvalue weighted by Crippen LogP contribution is -2.49. The van der Waals surface area contributed by atoms with Gasteiger partial charge in [-0.1, -0.05) is 6.92 Å². The summed E-state index contributed by atoms with van der Waals surface area (Å²) < 4.78 is 5.08. The van der Waals surface area contributed by atoms with E-state index in [1.165, 1.54) is 0 Å². The fraction of sp³-hybridized carbons (Fsp3) is 0.556. The number of Topliss-reactive ketones (excluding diaryl/α,β-unsaturated/α-hetero) is 1. The minimum absolute atomic E-state index is 0.0179. The molecular formula is C18H26N2O3. The van der Waals surface area contributed by atoms with Crippen LogP contribution in [0.4, 0.5) is 0 Å². The van der Waals surface area contributed by atoms with Crippen molar-refractivity contribution >= 4 is 11.7 Å². The highest BCUT2D eigenvalue weighted by molar-refractivity contribution is 5.98. The van der Waals surface area contributed by atoms with Gasteiger partial charge in [0.25, 0.3) is 0 Å². The summed E-state index contributed by atoms with van der Waals surface area (Å²) in [6.45, 7) is 3.43. The molecule has 1 aliphatic heterocycles. The maximum Gasteiger partial charge on any atom is 0.223 e. The molecule has 0 aliphatic carbocycles. The van der Waals surface area contributed by atoms with Gasteiger partial charge in [-0.15, -0.1) is 0 Å². The molecule has 1 heterocycles. The summed E-state index contributed by atoms with van der Waals surface area (Å²) in [4.78, 5) is 26.5. The van der Waals surface area contributed by atoms with Crippen molar-refractivity contribution in [3.63, 3.8) is 0 Å². The maximum absolute atomic E-state index is 12.4. The van der Waals surface area contributed by atoms with Gasteiger partial charge in [-0.3, -0.25) is 9.59 Å². The van der Waals surface area contributed by atoms with Crippen molar-refractivity contribution < 1.29 is 14.3 Å². The fourth-order valence-corrected chi connectivity index (χ4v) is 3.09. The van der Waals surface area contributed by atoms with Crippen molar-refractivity contribution in [1.82, 2.24) is 4.90 Å². The van der Waals surface area contributed by atoms with Gasteiger partial charge in [0, 0.05) is 37.5 Å². The van der Waals surface area contributed by atoms with Gasteiger partial charge in [-0.2, -0.15) is 0 Å². The molecule has 2 atom stereocenters. The smallest absolute Gasteiger partial charge is 0.223 e. The maximum atomic E-state index is 12.4. The van der Waals surface area contributed by atoms with Gasteiger partial charge in [-0.05, 0) is 43.0 Å². The van der Waals surface area contributed by atoms with Gasteiger partial charge >= 0.3 is 0 Å². The van der Waals surface area contributed by atoms with Crippen molar-refractivity contribution in [2.75, 3.05) is 20.2 Å². The molecule has 1 amide bonds. The van der Waals surface area contributed by atoms with Crippen molar-refractivity contribution in [2.24, 2.45) is 11.7 Å². The normalized spacial score (nSPS) is 21.1. The number of carbonyl (C=O) groups excluding carboxylic acids is 2. The predicted octanol–water partition coefficient (Wildman–Crippen LogP) is 2.24. The molecule has 0 aromatic heterocycles. The second kappa shape index (κ2) is 8.11. The molecule has 2 rings (SSSR count). The van der Waals surface area contributed by atoms with Gasteiger partial charge in [0.2, 0.25) is 5.91 Å². The van der Waals surface area contributed by atoms with Crippen molar-refractivity contribution in [3.8, 4) is 5.75 Å². The Morgan fingerprint density at radius 2 is 1.96 bits per heavy atom. The number of hydrogen-bond acceptors (Lipinski definition) is 4. The predicted molar refractivity (Wildman–Crippen MR) is 89.5 cm³/mol. The third-order valence-corrected chi connectivity index (χ3v) is 4.55. The molecule has 1 aliphatic rings. The van der Waals surface area contributed by atoms with Gasteiger partial charge in [0.1, 0.15) is 5.75 Å². The fourth-order valence-electron chi connectivity index (χ4n) is 3.09. The Kier molecular flexibility index (Phi) is 6.16. The van der Waals surface area contributed by atoms with E-state index in [9.17, 15) is 9.59 Å². The molecule has 0 radical (unpaired) electrons. The molecule has 1 aromatic carbocycles. The Bertz CT molecular complexity index is 542. The summed E-state index contributed by atoms with van der Waals surface area (Å²) in [7, 11) is 1.59. The van der Waals surface area contributed by atoms with E-state index in [0.717, 1.165) is 19.4 Å². The standard InChI is InChI=1S/C18H26N2O3/c1-13-9-10-20(15(11-13)12-19)18(22)8-7-17(21)14-3-5-16(23-2)6-4-14/h3-6,13,15H,7-12,19H2,1-2H3. The molecular weight excluding hydrogens is 292 g/mol. The highest BCUT2D eigenvalue weighted by Gasteiger charge is 2.28. The number of ketones is 1. The van der Waals surface area contributed by atoms with Crippen molar-refractivity contribution in [1.29, 1.82) is 0 Å². The third kappa shape index (κ3) is 4.55. The first kappa shape index (κ1) is 17.5. The molecule has 1 saturated heterocycles. The van der Waals surface area contributed by atoms with E-state index in [1.54, 1.807) is 31.4 Å². The molecule has 1 aromatic rings. The number of ether oxygens (including phenoxy) is 1. The number of amides is 1. The summed E-state index contributed by atoms with van der Waals surface area (Å²) >= 11 is 0. The molecule has 1 fully saturated rings. The number of likely N-dealkylation sites (tertiary alicyclic amines) is 1. The Morgan fingerprint density at radius 1 is 1.26 bits per heavy atom. The molecule has 5 nitrogen and oxygen atoms in total. The van der Waals surface area contributed by atoms with Gasteiger partial charge < -0.3 is 15.4 Å². The van der Waals surface area contributed by atoms with Crippen LogP contribution in [-0.4, -0.2) is 42.8 Å². The number of rotatable bonds is 6. The van der Waals surface area contributed by atoms with Gasteiger partial charge in [0.05, 0.1) is 7.11 Å². The lowest BCUT2D eigenvalue weighted by atomic mass is 9.92. The molecule has 2 unspecified atom stereocenters. The zero-order valence-corrected chi connectivity index (χ0v) is 14.0. The largest absolute Gasteiger partial charge is 0.497 e. The van der Waals surface area contributed by atoms with Crippen LogP contribution in [0.1, 0.15) is 43.0 Å². The van der Waals surface area contributed by atoms with E-state index in [4.69, 9.17) is 10.5 Å². The third-order valence-electron chi connectivity index (χ3n) is 4.55. The lowest BCUT2D eigenvalue weighted by Gasteiger charge is -2.38. The zero-order valence-electron chi connectivity index (χ0n) is 14.0. The van der Waals surface area contributed by atoms with Crippen LogP contribution in [0.15, 0.2) is 24.3 Å². The Balaban J connectivity index is 1.88. The average Bonchev–Trinajstić information content (AvgIpc) is 2.59. The molecule has 5 heteroatoms. The van der Waals surface area contributed by atoms with E-state index < -0.39 is 0 Å². The molecule has 0 saturated carbocycles. The van der Waals surface area contributed by atoms with E-state index in [2.05, 4.69) is 6.92 Å². The number of nitrogens with zero attached hydrogens (tertiary/aromatic N) is 1. The van der Waals surface area contributed by atoms with Crippen LogP contribution in [0, 0.1) is 5.92 Å². The summed E-state index contributed by atoms with van der Waals surface area (Å²) in [5.41, 5.74) is 6.41. The summed E-state index contributed by atoms with van der Waals surface area (Å²) in [6, 6.07) is 7.09. The lowest BCUT2D eigenvalue weighted by molar-refractivity contribution is -0.135. The number of methoxy groups -OCH3 is 1. The summed E-state index contributed by atoms with van der Waals surface area (Å²) in [5.74, 6) is 1.34. The number of benzene rings is 1. The molecule has 0 spiro atoms. The quantitative estimate of drug-likeness (QED) is 0.817. The molecule has 2 N–H and O–H groups in total. The van der Waals surface area contributed by atoms with Crippen LogP contribution in [0.25, 0.3) is 0 Å². The second-order valence-electron chi connectivity index (χ2n) is 6.26. The second-order valence-corrected chi connectivity index (χ2v) is 6.26. The zero-order chi connectivity index (χ0) is 16.8. The first-order valence-corrected chi connectivity index (χ1v) is 8.22. The monoisotopic (exact) mass is 318 g/mol. The van der Waals surface area contributed by atoms with E-state index >= 15 is 0 Å². The van der Waals surface area contributed by atoms with Gasteiger partial charge in [0.15, 0.2) is 5.78 Å².